The van der Waals surface area contributed by atoms with Crippen LogP contribution in [0.3, 0.4) is 0 Å². The second-order valence-corrected chi connectivity index (χ2v) is 8.55. The fraction of sp³-hybridized carbons (Fsp3) is 0.500. The number of amides is 1. The van der Waals surface area contributed by atoms with Crippen molar-refractivity contribution in [3.05, 3.63) is 30.4 Å². The number of aromatic nitrogens is 3. The number of hydrogen-bond acceptors (Lipinski definition) is 8. The predicted octanol–water partition coefficient (Wildman–Crippen LogP) is -0.0908. The van der Waals surface area contributed by atoms with Gasteiger partial charge in [0.2, 0.25) is 17.6 Å². The first-order valence-electron chi connectivity index (χ1n) is 8.33. The highest BCUT2D eigenvalue weighted by atomic mass is 32.2. The van der Waals surface area contributed by atoms with Crippen LogP contribution in [0.15, 0.2) is 29.0 Å². The SMILES string of the molecule is CN(CC(=O)NCCc1nc(-c2cccnc2)no1)C1CCS(=O)(=O)C1. The third kappa shape index (κ3) is 4.85. The van der Waals surface area contributed by atoms with E-state index in [1.165, 1.54) is 0 Å². The molecule has 1 aliphatic heterocycles. The lowest BCUT2D eigenvalue weighted by Gasteiger charge is -2.22. The van der Waals surface area contributed by atoms with Crippen molar-refractivity contribution in [2.24, 2.45) is 0 Å². The quantitative estimate of drug-likeness (QED) is 0.709. The highest BCUT2D eigenvalue weighted by molar-refractivity contribution is 7.91. The summed E-state index contributed by atoms with van der Waals surface area (Å²) in [6, 6.07) is 3.53. The zero-order chi connectivity index (χ0) is 18.6. The molecule has 0 radical (unpaired) electrons. The third-order valence-corrected chi connectivity index (χ3v) is 6.02. The molecule has 9 nitrogen and oxygen atoms in total. The number of nitrogens with zero attached hydrogens (tertiary/aromatic N) is 4. The third-order valence-electron chi connectivity index (χ3n) is 4.27. The lowest BCUT2D eigenvalue weighted by molar-refractivity contribution is -0.122. The molecule has 10 heteroatoms. The van der Waals surface area contributed by atoms with E-state index in [1.807, 2.05) is 6.07 Å². The first-order chi connectivity index (χ1) is 12.4. The monoisotopic (exact) mass is 379 g/mol. The Balaban J connectivity index is 1.42. The van der Waals surface area contributed by atoms with Crippen LogP contribution in [0.1, 0.15) is 12.3 Å². The molecule has 0 spiro atoms. The molecule has 0 saturated carbocycles. The van der Waals surface area contributed by atoms with Gasteiger partial charge in [0.1, 0.15) is 0 Å². The first-order valence-corrected chi connectivity index (χ1v) is 10.2. The van der Waals surface area contributed by atoms with Gasteiger partial charge in [-0.25, -0.2) is 8.42 Å². The van der Waals surface area contributed by atoms with Crippen LogP contribution in [-0.4, -0.2) is 72.0 Å². The minimum Gasteiger partial charge on any atom is -0.354 e. The first kappa shape index (κ1) is 18.5. The molecule has 1 N–H and O–H groups in total. The standard InChI is InChI=1S/C16H21N5O4S/c1-21(13-5-8-26(23,24)11-13)10-14(22)18-7-4-15-19-16(20-25-15)12-3-2-6-17-9-12/h2-3,6,9,13H,4-5,7-8,10-11H2,1H3,(H,18,22). The van der Waals surface area contributed by atoms with Crippen LogP contribution in [0.2, 0.25) is 0 Å². The van der Waals surface area contributed by atoms with E-state index in [4.69, 9.17) is 4.52 Å². The molecule has 0 aliphatic carbocycles. The number of likely N-dealkylation sites (N-methyl/N-ethyl adjacent to an activating group) is 1. The maximum Gasteiger partial charge on any atom is 0.234 e. The van der Waals surface area contributed by atoms with Gasteiger partial charge >= 0.3 is 0 Å². The Labute approximate surface area is 151 Å². The van der Waals surface area contributed by atoms with E-state index in [2.05, 4.69) is 20.4 Å². The average Bonchev–Trinajstić information content (AvgIpc) is 3.22. The van der Waals surface area contributed by atoms with Gasteiger partial charge in [0.05, 0.1) is 18.1 Å². The molecular weight excluding hydrogens is 358 g/mol. The van der Waals surface area contributed by atoms with Crippen LogP contribution in [0.5, 0.6) is 0 Å². The Kier molecular flexibility index (Phi) is 5.62. The molecule has 26 heavy (non-hydrogen) atoms. The van der Waals surface area contributed by atoms with Crippen molar-refractivity contribution in [3.63, 3.8) is 0 Å². The zero-order valence-corrected chi connectivity index (χ0v) is 15.3. The normalized spacial score (nSPS) is 18.9. The van der Waals surface area contributed by atoms with E-state index in [0.29, 0.717) is 31.1 Å². The van der Waals surface area contributed by atoms with Gasteiger partial charge in [0.25, 0.3) is 0 Å². The van der Waals surface area contributed by atoms with Crippen molar-refractivity contribution in [2.75, 3.05) is 31.6 Å². The largest absolute Gasteiger partial charge is 0.354 e. The minimum atomic E-state index is -2.96. The topological polar surface area (TPSA) is 118 Å². The van der Waals surface area contributed by atoms with Crippen LogP contribution in [0.4, 0.5) is 0 Å². The van der Waals surface area contributed by atoms with Gasteiger partial charge in [0.15, 0.2) is 9.84 Å². The van der Waals surface area contributed by atoms with Gasteiger partial charge < -0.3 is 9.84 Å². The highest BCUT2D eigenvalue weighted by Crippen LogP contribution is 2.16. The van der Waals surface area contributed by atoms with Crippen molar-refractivity contribution in [1.29, 1.82) is 0 Å². The maximum absolute atomic E-state index is 12.0. The highest BCUT2D eigenvalue weighted by Gasteiger charge is 2.31. The van der Waals surface area contributed by atoms with Crippen LogP contribution in [0, 0.1) is 0 Å². The number of pyridine rings is 1. The smallest absolute Gasteiger partial charge is 0.234 e. The summed E-state index contributed by atoms with van der Waals surface area (Å²) in [5.41, 5.74) is 0.764. The number of carbonyl (C=O) groups is 1. The van der Waals surface area contributed by atoms with Crippen LogP contribution in [0.25, 0.3) is 11.4 Å². The molecule has 0 bridgehead atoms. The second kappa shape index (κ2) is 7.92. The summed E-state index contributed by atoms with van der Waals surface area (Å²) in [6.45, 7) is 0.523. The Hall–Kier alpha value is -2.33. The predicted molar refractivity (Wildman–Crippen MR) is 93.9 cm³/mol. The zero-order valence-electron chi connectivity index (χ0n) is 14.5. The lowest BCUT2D eigenvalue weighted by atomic mass is 10.2. The summed E-state index contributed by atoms with van der Waals surface area (Å²) in [5, 5.41) is 6.68. The molecule has 1 unspecified atom stereocenters. The Morgan fingerprint density at radius 2 is 2.31 bits per heavy atom. The molecular formula is C16H21N5O4S. The van der Waals surface area contributed by atoms with Crippen molar-refractivity contribution in [2.45, 2.75) is 18.9 Å². The van der Waals surface area contributed by atoms with E-state index in [-0.39, 0.29) is 30.0 Å². The molecule has 1 fully saturated rings. The number of nitrogens with one attached hydrogen (secondary N) is 1. The van der Waals surface area contributed by atoms with Crippen LogP contribution < -0.4 is 5.32 Å². The van der Waals surface area contributed by atoms with Gasteiger partial charge in [-0.15, -0.1) is 0 Å². The van der Waals surface area contributed by atoms with E-state index >= 15 is 0 Å². The number of rotatable bonds is 7. The van der Waals surface area contributed by atoms with E-state index in [0.717, 1.165) is 5.56 Å². The molecule has 1 aliphatic rings. The van der Waals surface area contributed by atoms with Crippen LogP contribution in [-0.2, 0) is 21.1 Å². The summed E-state index contributed by atoms with van der Waals surface area (Å²) in [4.78, 5) is 22.1. The molecule has 1 amide bonds. The summed E-state index contributed by atoms with van der Waals surface area (Å²) < 4.78 is 28.2. The molecule has 2 aromatic rings. The number of sulfone groups is 1. The van der Waals surface area contributed by atoms with Crippen molar-refractivity contribution < 1.29 is 17.7 Å². The summed E-state index contributed by atoms with van der Waals surface area (Å²) in [7, 11) is -1.19. The molecule has 1 atom stereocenters. The Bertz CT molecular complexity index is 853. The Morgan fingerprint density at radius 3 is 3.00 bits per heavy atom. The second-order valence-electron chi connectivity index (χ2n) is 6.33. The van der Waals surface area contributed by atoms with E-state index < -0.39 is 9.84 Å². The minimum absolute atomic E-state index is 0.0938. The summed E-state index contributed by atoms with van der Waals surface area (Å²) >= 11 is 0. The lowest BCUT2D eigenvalue weighted by Crippen LogP contribution is -2.41. The molecule has 2 aromatic heterocycles. The van der Waals surface area contributed by atoms with E-state index in [1.54, 1.807) is 30.4 Å². The number of carbonyl (C=O) groups excluding carboxylic acids is 1. The van der Waals surface area contributed by atoms with Crippen molar-refractivity contribution in [1.82, 2.24) is 25.3 Å². The Morgan fingerprint density at radius 1 is 1.46 bits per heavy atom. The fourth-order valence-electron chi connectivity index (χ4n) is 2.81. The van der Waals surface area contributed by atoms with Gasteiger partial charge in [0, 0.05) is 37.0 Å². The van der Waals surface area contributed by atoms with E-state index in [9.17, 15) is 13.2 Å². The van der Waals surface area contributed by atoms with Crippen molar-refractivity contribution in [3.8, 4) is 11.4 Å². The number of hydrogen-bond donors (Lipinski definition) is 1. The van der Waals surface area contributed by atoms with Crippen molar-refractivity contribution >= 4 is 15.7 Å². The van der Waals surface area contributed by atoms with Gasteiger partial charge in [-0.3, -0.25) is 14.7 Å². The fourth-order valence-corrected chi connectivity index (χ4v) is 4.62. The summed E-state index contributed by atoms with van der Waals surface area (Å²) in [5.74, 6) is 1.04. The molecule has 0 aromatic carbocycles. The molecule has 3 rings (SSSR count). The van der Waals surface area contributed by atoms with Gasteiger partial charge in [-0.2, -0.15) is 4.98 Å². The van der Waals surface area contributed by atoms with Gasteiger partial charge in [-0.1, -0.05) is 5.16 Å². The van der Waals surface area contributed by atoms with Gasteiger partial charge in [-0.05, 0) is 25.6 Å². The summed E-state index contributed by atoms with van der Waals surface area (Å²) in [6.07, 6.45) is 4.30. The molecule has 140 valence electrons. The molecule has 1 saturated heterocycles. The van der Waals surface area contributed by atoms with Crippen LogP contribution >= 0.6 is 0 Å². The molecule has 3 heterocycles. The average molecular weight is 379 g/mol. The maximum atomic E-state index is 12.0.